The quantitative estimate of drug-likeness (QED) is 0.910. The molecule has 0 amide bonds. The van der Waals surface area contributed by atoms with E-state index in [-0.39, 0.29) is 16.7 Å². The van der Waals surface area contributed by atoms with Gasteiger partial charge < -0.3 is 5.11 Å². The molecule has 1 N–H and O–H groups in total. The van der Waals surface area contributed by atoms with Gasteiger partial charge in [0.2, 0.25) is 10.0 Å². The van der Waals surface area contributed by atoms with E-state index in [4.69, 9.17) is 16.7 Å². The molecule has 2 atom stereocenters. The molecule has 1 aromatic carbocycles. The molecule has 1 aromatic rings. The maximum Gasteiger partial charge on any atom is 0.338 e. The normalized spacial score (nSPS) is 23.5. The zero-order valence-corrected chi connectivity index (χ0v) is 13.8. The monoisotopic (exact) mass is 349 g/mol. The number of hydrogen-bond acceptors (Lipinski definition) is 3. The van der Waals surface area contributed by atoms with Crippen LogP contribution in [0.4, 0.5) is 4.39 Å². The van der Waals surface area contributed by atoms with Gasteiger partial charge in [0.25, 0.3) is 0 Å². The van der Waals surface area contributed by atoms with Crippen LogP contribution in [0.3, 0.4) is 0 Å². The van der Waals surface area contributed by atoms with Gasteiger partial charge in [-0.1, -0.05) is 25.4 Å². The zero-order valence-electron chi connectivity index (χ0n) is 12.2. The molecule has 0 aromatic heterocycles. The predicted octanol–water partition coefficient (Wildman–Crippen LogP) is 2.84. The lowest BCUT2D eigenvalue weighted by atomic mass is 9.94. The molecular formula is C14H17ClFNO4S. The van der Waals surface area contributed by atoms with Crippen molar-refractivity contribution in [3.05, 3.63) is 28.5 Å². The summed E-state index contributed by atoms with van der Waals surface area (Å²) >= 11 is 5.64. The van der Waals surface area contributed by atoms with E-state index in [9.17, 15) is 17.6 Å². The summed E-state index contributed by atoms with van der Waals surface area (Å²) in [6.45, 7) is 4.62. The molecule has 2 unspecified atom stereocenters. The highest BCUT2D eigenvalue weighted by atomic mass is 35.5. The molecule has 2 rings (SSSR count). The van der Waals surface area contributed by atoms with Gasteiger partial charge in [-0.3, -0.25) is 0 Å². The van der Waals surface area contributed by atoms with Gasteiger partial charge in [-0.2, -0.15) is 4.31 Å². The fourth-order valence-corrected chi connectivity index (χ4v) is 4.84. The number of carboxylic acids is 1. The Labute approximate surface area is 133 Å². The van der Waals surface area contributed by atoms with E-state index < -0.39 is 32.4 Å². The molecule has 1 aliphatic heterocycles. The lowest BCUT2D eigenvalue weighted by Crippen LogP contribution is -2.42. The van der Waals surface area contributed by atoms with Crippen molar-refractivity contribution in [1.82, 2.24) is 4.31 Å². The number of nitrogens with zero attached hydrogens (tertiary/aromatic N) is 1. The Balaban J connectivity index is 2.48. The Kier molecular flexibility index (Phi) is 4.79. The van der Waals surface area contributed by atoms with Crippen LogP contribution < -0.4 is 0 Å². The summed E-state index contributed by atoms with van der Waals surface area (Å²) in [7, 11) is -3.90. The second-order valence-corrected chi connectivity index (χ2v) is 8.18. The van der Waals surface area contributed by atoms with Crippen LogP contribution in [0.1, 0.15) is 30.6 Å². The van der Waals surface area contributed by atoms with Crippen molar-refractivity contribution in [2.45, 2.75) is 25.2 Å². The van der Waals surface area contributed by atoms with E-state index in [0.717, 1.165) is 18.6 Å². The summed E-state index contributed by atoms with van der Waals surface area (Å²) in [6.07, 6.45) is 0.927. The van der Waals surface area contributed by atoms with Gasteiger partial charge in [-0.15, -0.1) is 0 Å². The van der Waals surface area contributed by atoms with Gasteiger partial charge in [0.05, 0.1) is 15.5 Å². The first kappa shape index (κ1) is 17.2. The van der Waals surface area contributed by atoms with Crippen molar-refractivity contribution in [3.8, 4) is 0 Å². The number of piperidine rings is 1. The molecule has 0 radical (unpaired) electrons. The molecule has 0 bridgehead atoms. The number of carboxylic acid groups (broad SMARTS) is 1. The minimum atomic E-state index is -3.90. The summed E-state index contributed by atoms with van der Waals surface area (Å²) in [5, 5.41) is 8.45. The number of hydrogen-bond donors (Lipinski definition) is 1. The molecule has 22 heavy (non-hydrogen) atoms. The van der Waals surface area contributed by atoms with E-state index in [1.807, 2.05) is 13.8 Å². The summed E-state index contributed by atoms with van der Waals surface area (Å²) in [4.78, 5) is 10.7. The van der Waals surface area contributed by atoms with Crippen LogP contribution in [0.5, 0.6) is 0 Å². The second kappa shape index (κ2) is 6.14. The van der Waals surface area contributed by atoms with Gasteiger partial charge in [-0.05, 0) is 30.4 Å². The lowest BCUT2D eigenvalue weighted by molar-refractivity contribution is 0.0691. The molecule has 122 valence electrons. The first-order valence-corrected chi connectivity index (χ1v) is 8.67. The minimum absolute atomic E-state index is 0.202. The highest BCUT2D eigenvalue weighted by Crippen LogP contribution is 2.30. The van der Waals surface area contributed by atoms with E-state index in [1.54, 1.807) is 0 Å². The predicted molar refractivity (Wildman–Crippen MR) is 80.1 cm³/mol. The van der Waals surface area contributed by atoms with Crippen LogP contribution in [0, 0.1) is 17.7 Å². The van der Waals surface area contributed by atoms with E-state index in [2.05, 4.69) is 0 Å². The first-order valence-electron chi connectivity index (χ1n) is 6.85. The van der Waals surface area contributed by atoms with Crippen molar-refractivity contribution >= 4 is 27.6 Å². The molecule has 5 nitrogen and oxygen atoms in total. The molecular weight excluding hydrogens is 333 g/mol. The SMILES string of the molecule is CC1CC(C)CN(S(=O)(=O)c2cc(Cl)c(F)c(C(=O)O)c2)C1. The zero-order chi connectivity index (χ0) is 16.7. The van der Waals surface area contributed by atoms with Gasteiger partial charge >= 0.3 is 5.97 Å². The molecule has 1 fully saturated rings. The number of sulfonamides is 1. The fraction of sp³-hybridized carbons (Fsp3) is 0.500. The molecule has 0 saturated carbocycles. The van der Waals surface area contributed by atoms with Crippen molar-refractivity contribution in [3.63, 3.8) is 0 Å². The third-order valence-corrected chi connectivity index (χ3v) is 5.79. The van der Waals surface area contributed by atoms with Crippen LogP contribution >= 0.6 is 11.6 Å². The van der Waals surface area contributed by atoms with Gasteiger partial charge in [0.15, 0.2) is 5.82 Å². The third-order valence-electron chi connectivity index (χ3n) is 3.71. The second-order valence-electron chi connectivity index (χ2n) is 5.84. The molecule has 0 aliphatic carbocycles. The summed E-state index contributed by atoms with van der Waals surface area (Å²) in [5.74, 6) is -2.29. The molecule has 8 heteroatoms. The maximum absolute atomic E-state index is 13.7. The van der Waals surface area contributed by atoms with Crippen LogP contribution in [-0.4, -0.2) is 36.9 Å². The molecule has 1 heterocycles. The van der Waals surface area contributed by atoms with Crippen LogP contribution in [0.15, 0.2) is 17.0 Å². The van der Waals surface area contributed by atoms with Crippen molar-refractivity contribution in [2.75, 3.05) is 13.1 Å². The van der Waals surface area contributed by atoms with E-state index >= 15 is 0 Å². The average molecular weight is 350 g/mol. The third kappa shape index (κ3) is 3.26. The van der Waals surface area contributed by atoms with E-state index in [0.29, 0.717) is 13.1 Å². The number of benzene rings is 1. The van der Waals surface area contributed by atoms with Gasteiger partial charge in [0, 0.05) is 13.1 Å². The topological polar surface area (TPSA) is 74.7 Å². The minimum Gasteiger partial charge on any atom is -0.478 e. The Bertz CT molecular complexity index is 697. The Morgan fingerprint density at radius 1 is 1.32 bits per heavy atom. The van der Waals surface area contributed by atoms with Crippen molar-refractivity contribution in [2.24, 2.45) is 11.8 Å². The lowest BCUT2D eigenvalue weighted by Gasteiger charge is -2.34. The molecule has 1 aliphatic rings. The summed E-state index contributed by atoms with van der Waals surface area (Å²) in [6, 6.07) is 1.78. The highest BCUT2D eigenvalue weighted by Gasteiger charge is 2.33. The summed E-state index contributed by atoms with van der Waals surface area (Å²) < 4.78 is 40.3. The Hall–Kier alpha value is -1.18. The largest absolute Gasteiger partial charge is 0.478 e. The number of halogens is 2. The molecule has 0 spiro atoms. The number of aromatic carboxylic acids is 1. The number of carbonyl (C=O) groups is 1. The van der Waals surface area contributed by atoms with Gasteiger partial charge in [0.1, 0.15) is 0 Å². The first-order chi connectivity index (χ1) is 10.1. The maximum atomic E-state index is 13.7. The number of rotatable bonds is 3. The summed E-state index contributed by atoms with van der Waals surface area (Å²) in [5.41, 5.74) is -0.746. The van der Waals surface area contributed by atoms with Crippen molar-refractivity contribution < 1.29 is 22.7 Å². The standard InChI is InChI=1S/C14H17ClFNO4S/c1-8-3-9(2)7-17(6-8)22(20,21)10-4-11(14(18)19)13(16)12(15)5-10/h4-5,8-9H,3,6-7H2,1-2H3,(H,18,19). The smallest absolute Gasteiger partial charge is 0.338 e. The van der Waals surface area contributed by atoms with Crippen LogP contribution in [-0.2, 0) is 10.0 Å². The van der Waals surface area contributed by atoms with Crippen molar-refractivity contribution in [1.29, 1.82) is 0 Å². The van der Waals surface area contributed by atoms with Crippen LogP contribution in [0.2, 0.25) is 5.02 Å². The highest BCUT2D eigenvalue weighted by molar-refractivity contribution is 7.89. The van der Waals surface area contributed by atoms with Crippen LogP contribution in [0.25, 0.3) is 0 Å². The molecule has 1 saturated heterocycles. The average Bonchev–Trinajstić information content (AvgIpc) is 2.40. The Morgan fingerprint density at radius 2 is 1.86 bits per heavy atom. The van der Waals surface area contributed by atoms with E-state index in [1.165, 1.54) is 4.31 Å². The fourth-order valence-electron chi connectivity index (χ4n) is 2.82. The van der Waals surface area contributed by atoms with Gasteiger partial charge in [-0.25, -0.2) is 17.6 Å². The Morgan fingerprint density at radius 3 is 2.36 bits per heavy atom.